The minimum Gasteiger partial charge on any atom is -0.268 e. The van der Waals surface area contributed by atoms with E-state index in [9.17, 15) is 0 Å². The molecular formula is C19H15ClN2. The zero-order valence-corrected chi connectivity index (χ0v) is 12.7. The van der Waals surface area contributed by atoms with E-state index in [2.05, 4.69) is 22.1 Å². The van der Waals surface area contributed by atoms with Gasteiger partial charge in [0, 0.05) is 23.5 Å². The van der Waals surface area contributed by atoms with Crippen molar-refractivity contribution in [3.63, 3.8) is 0 Å². The molecule has 1 heterocycles. The van der Waals surface area contributed by atoms with Crippen LogP contribution in [0.5, 0.6) is 0 Å². The van der Waals surface area contributed by atoms with Crippen molar-refractivity contribution in [2.45, 2.75) is 6.54 Å². The quantitative estimate of drug-likeness (QED) is 0.627. The molecule has 0 amide bonds. The number of hydrogen-bond acceptors (Lipinski definition) is 2. The Labute approximate surface area is 135 Å². The number of halogens is 1. The topological polar surface area (TPSA) is 25.2 Å². The van der Waals surface area contributed by atoms with Gasteiger partial charge in [-0.3, -0.25) is 9.98 Å². The third-order valence-electron chi connectivity index (χ3n) is 3.39. The molecule has 0 radical (unpaired) electrons. The summed E-state index contributed by atoms with van der Waals surface area (Å²) in [5.74, 6) is 0. The number of hydrogen-bond donors (Lipinski definition) is 0. The third kappa shape index (κ3) is 3.41. The molecule has 1 aromatic heterocycles. The predicted octanol–water partition coefficient (Wildman–Crippen LogP) is 4.93. The van der Waals surface area contributed by atoms with Gasteiger partial charge in [0.1, 0.15) is 5.17 Å². The number of pyridine rings is 1. The first-order valence-corrected chi connectivity index (χ1v) is 7.46. The molecule has 2 aromatic carbocycles. The molecule has 3 aromatic rings. The molecule has 0 fully saturated rings. The SMILES string of the molecule is ClC(=NCc1ccccc1-c1cccnc1)c1ccccc1. The molecule has 0 N–H and O–H groups in total. The Morgan fingerprint density at radius 2 is 1.68 bits per heavy atom. The third-order valence-corrected chi connectivity index (χ3v) is 3.73. The van der Waals surface area contributed by atoms with Gasteiger partial charge < -0.3 is 0 Å². The van der Waals surface area contributed by atoms with Crippen molar-refractivity contribution in [3.05, 3.63) is 90.3 Å². The molecule has 0 bridgehead atoms. The average Bonchev–Trinajstić information content (AvgIpc) is 2.61. The standard InChI is InChI=1S/C19H15ClN2/c20-19(15-7-2-1-3-8-15)22-14-17-9-4-5-11-18(17)16-10-6-12-21-13-16/h1-13H,14H2. The molecule has 0 unspecified atom stereocenters. The second-order valence-corrected chi connectivity index (χ2v) is 5.23. The minimum absolute atomic E-state index is 0.529. The highest BCUT2D eigenvalue weighted by molar-refractivity contribution is 6.69. The first kappa shape index (κ1) is 14.5. The van der Waals surface area contributed by atoms with E-state index >= 15 is 0 Å². The molecule has 0 saturated carbocycles. The minimum atomic E-state index is 0.529. The van der Waals surface area contributed by atoms with E-state index in [1.165, 1.54) is 0 Å². The van der Waals surface area contributed by atoms with Gasteiger partial charge in [0.05, 0.1) is 6.54 Å². The Morgan fingerprint density at radius 1 is 0.909 bits per heavy atom. The van der Waals surface area contributed by atoms with Crippen LogP contribution in [0.2, 0.25) is 0 Å². The van der Waals surface area contributed by atoms with Crippen molar-refractivity contribution in [3.8, 4) is 11.1 Å². The Hall–Kier alpha value is -2.45. The average molecular weight is 307 g/mol. The maximum atomic E-state index is 6.29. The molecular weight excluding hydrogens is 292 g/mol. The fourth-order valence-electron chi connectivity index (χ4n) is 2.28. The van der Waals surface area contributed by atoms with Gasteiger partial charge in [0.25, 0.3) is 0 Å². The lowest BCUT2D eigenvalue weighted by atomic mass is 10.0. The van der Waals surface area contributed by atoms with Crippen LogP contribution in [0, 0.1) is 0 Å². The number of aromatic nitrogens is 1. The van der Waals surface area contributed by atoms with Gasteiger partial charge in [0.15, 0.2) is 0 Å². The molecule has 108 valence electrons. The summed E-state index contributed by atoms with van der Waals surface area (Å²) in [7, 11) is 0. The zero-order chi connectivity index (χ0) is 15.2. The normalized spacial score (nSPS) is 11.4. The van der Waals surface area contributed by atoms with E-state index < -0.39 is 0 Å². The summed E-state index contributed by atoms with van der Waals surface area (Å²) in [4.78, 5) is 8.70. The summed E-state index contributed by atoms with van der Waals surface area (Å²) >= 11 is 6.29. The van der Waals surface area contributed by atoms with Crippen LogP contribution in [0.15, 0.2) is 84.1 Å². The summed E-state index contributed by atoms with van der Waals surface area (Å²) in [6.45, 7) is 0.540. The predicted molar refractivity (Wildman–Crippen MR) is 92.2 cm³/mol. The van der Waals surface area contributed by atoms with Crippen molar-refractivity contribution in [2.75, 3.05) is 0 Å². The van der Waals surface area contributed by atoms with Crippen LogP contribution in [0.4, 0.5) is 0 Å². The van der Waals surface area contributed by atoms with E-state index in [-0.39, 0.29) is 0 Å². The number of benzene rings is 2. The maximum Gasteiger partial charge on any atom is 0.131 e. The highest BCUT2D eigenvalue weighted by Gasteiger charge is 2.05. The summed E-state index contributed by atoms with van der Waals surface area (Å²) < 4.78 is 0. The Bertz CT molecular complexity index is 768. The fraction of sp³-hybridized carbons (Fsp3) is 0.0526. The maximum absolute atomic E-state index is 6.29. The van der Waals surface area contributed by atoms with Crippen LogP contribution < -0.4 is 0 Å². The monoisotopic (exact) mass is 306 g/mol. The van der Waals surface area contributed by atoms with Crippen molar-refractivity contribution in [1.29, 1.82) is 0 Å². The van der Waals surface area contributed by atoms with Crippen LogP contribution >= 0.6 is 11.6 Å². The Kier molecular flexibility index (Phi) is 4.62. The smallest absolute Gasteiger partial charge is 0.131 e. The highest BCUT2D eigenvalue weighted by atomic mass is 35.5. The van der Waals surface area contributed by atoms with Crippen LogP contribution in [0.3, 0.4) is 0 Å². The van der Waals surface area contributed by atoms with E-state index in [0.29, 0.717) is 11.7 Å². The van der Waals surface area contributed by atoms with E-state index in [4.69, 9.17) is 11.6 Å². The second kappa shape index (κ2) is 7.01. The molecule has 2 nitrogen and oxygen atoms in total. The summed E-state index contributed by atoms with van der Waals surface area (Å²) in [5.41, 5.74) is 4.29. The molecule has 0 saturated heterocycles. The van der Waals surface area contributed by atoms with Crippen LogP contribution in [0.1, 0.15) is 11.1 Å². The fourth-order valence-corrected chi connectivity index (χ4v) is 2.47. The molecule has 22 heavy (non-hydrogen) atoms. The van der Waals surface area contributed by atoms with Gasteiger partial charge in [-0.15, -0.1) is 0 Å². The molecule has 0 atom stereocenters. The van der Waals surface area contributed by atoms with Crippen molar-refractivity contribution in [1.82, 2.24) is 4.98 Å². The summed E-state index contributed by atoms with van der Waals surface area (Å²) in [6.07, 6.45) is 3.64. The molecule has 3 rings (SSSR count). The molecule has 0 aliphatic carbocycles. The Balaban J connectivity index is 1.88. The van der Waals surface area contributed by atoms with Crippen LogP contribution in [-0.4, -0.2) is 10.2 Å². The lowest BCUT2D eigenvalue weighted by Crippen LogP contribution is -1.94. The number of nitrogens with zero attached hydrogens (tertiary/aromatic N) is 2. The molecule has 3 heteroatoms. The van der Waals surface area contributed by atoms with Gasteiger partial charge >= 0.3 is 0 Å². The zero-order valence-electron chi connectivity index (χ0n) is 12.0. The lowest BCUT2D eigenvalue weighted by Gasteiger charge is -2.07. The van der Waals surface area contributed by atoms with E-state index in [0.717, 1.165) is 22.3 Å². The van der Waals surface area contributed by atoms with Gasteiger partial charge in [-0.1, -0.05) is 72.3 Å². The number of rotatable bonds is 4. The van der Waals surface area contributed by atoms with Crippen LogP contribution in [-0.2, 0) is 6.54 Å². The largest absolute Gasteiger partial charge is 0.268 e. The van der Waals surface area contributed by atoms with Gasteiger partial charge in [0.2, 0.25) is 0 Å². The molecule has 0 spiro atoms. The molecule has 0 aliphatic rings. The first-order valence-electron chi connectivity index (χ1n) is 7.08. The lowest BCUT2D eigenvalue weighted by molar-refractivity contribution is 1.08. The summed E-state index contributed by atoms with van der Waals surface area (Å²) in [5, 5.41) is 0.529. The van der Waals surface area contributed by atoms with Gasteiger partial charge in [-0.25, -0.2) is 0 Å². The second-order valence-electron chi connectivity index (χ2n) is 4.87. The van der Waals surface area contributed by atoms with E-state index in [1.54, 1.807) is 6.20 Å². The first-order chi connectivity index (χ1) is 10.8. The van der Waals surface area contributed by atoms with Gasteiger partial charge in [-0.05, 0) is 17.2 Å². The number of aliphatic imine (C=N–C) groups is 1. The Morgan fingerprint density at radius 3 is 2.45 bits per heavy atom. The van der Waals surface area contributed by atoms with Crippen LogP contribution in [0.25, 0.3) is 11.1 Å². The van der Waals surface area contributed by atoms with Crippen molar-refractivity contribution >= 4 is 16.8 Å². The van der Waals surface area contributed by atoms with E-state index in [1.807, 2.05) is 60.8 Å². The highest BCUT2D eigenvalue weighted by Crippen LogP contribution is 2.23. The summed E-state index contributed by atoms with van der Waals surface area (Å²) in [6, 6.07) is 22.0. The van der Waals surface area contributed by atoms with Crippen molar-refractivity contribution < 1.29 is 0 Å². The molecule has 0 aliphatic heterocycles. The van der Waals surface area contributed by atoms with Crippen molar-refractivity contribution in [2.24, 2.45) is 4.99 Å². The van der Waals surface area contributed by atoms with Gasteiger partial charge in [-0.2, -0.15) is 0 Å².